The molecule has 0 radical (unpaired) electrons. The molecule has 0 aromatic carbocycles. The number of rotatable bonds is 7. The minimum Gasteiger partial charge on any atom is -0.329 e. The van der Waals surface area contributed by atoms with E-state index in [2.05, 4.69) is 31.0 Å². The van der Waals surface area contributed by atoms with Crippen LogP contribution < -0.4 is 11.1 Å². The molecule has 0 aromatic rings. The minimum atomic E-state index is 0.243. The highest BCUT2D eigenvalue weighted by Crippen LogP contribution is 2.33. The molecular weight excluding hydrogens is 198 g/mol. The second kappa shape index (κ2) is 6.58. The molecule has 0 amide bonds. The van der Waals surface area contributed by atoms with Gasteiger partial charge in [0.05, 0.1) is 0 Å². The maximum atomic E-state index is 5.94. The normalized spacial score (nSPS) is 30.2. The van der Waals surface area contributed by atoms with Gasteiger partial charge in [0.15, 0.2) is 0 Å². The molecule has 0 heterocycles. The summed E-state index contributed by atoms with van der Waals surface area (Å²) in [5.41, 5.74) is 6.18. The van der Waals surface area contributed by atoms with Gasteiger partial charge >= 0.3 is 0 Å². The van der Waals surface area contributed by atoms with E-state index in [-0.39, 0.29) is 5.54 Å². The smallest absolute Gasteiger partial charge is 0.0307 e. The third-order valence-corrected chi connectivity index (χ3v) is 4.07. The molecule has 1 saturated carbocycles. The summed E-state index contributed by atoms with van der Waals surface area (Å²) in [4.78, 5) is 2.45. The number of hydrogen-bond acceptors (Lipinski definition) is 3. The zero-order chi connectivity index (χ0) is 12.0. The van der Waals surface area contributed by atoms with Crippen molar-refractivity contribution in [3.63, 3.8) is 0 Å². The molecule has 0 aliphatic heterocycles. The molecule has 1 aliphatic carbocycles. The summed E-state index contributed by atoms with van der Waals surface area (Å²) >= 11 is 0. The molecule has 3 heteroatoms. The van der Waals surface area contributed by atoms with Gasteiger partial charge in [0.25, 0.3) is 0 Å². The summed E-state index contributed by atoms with van der Waals surface area (Å²) < 4.78 is 0. The fourth-order valence-corrected chi connectivity index (χ4v) is 2.83. The Hall–Kier alpha value is -0.120. The molecule has 0 aromatic heterocycles. The van der Waals surface area contributed by atoms with Gasteiger partial charge in [-0.2, -0.15) is 0 Å². The lowest BCUT2D eigenvalue weighted by Crippen LogP contribution is -2.51. The monoisotopic (exact) mass is 227 g/mol. The summed E-state index contributed by atoms with van der Waals surface area (Å²) in [6.45, 7) is 12.1. The predicted octanol–water partition coefficient (Wildman–Crippen LogP) is 1.44. The number of nitrogens with one attached hydrogen (secondary N) is 1. The number of nitrogens with two attached hydrogens (primary N) is 1. The van der Waals surface area contributed by atoms with Crippen LogP contribution in [0, 0.1) is 5.92 Å². The van der Waals surface area contributed by atoms with Crippen molar-refractivity contribution in [1.29, 1.82) is 0 Å². The van der Waals surface area contributed by atoms with Crippen LogP contribution in [0.5, 0.6) is 0 Å². The van der Waals surface area contributed by atoms with Gasteiger partial charge in [0.1, 0.15) is 0 Å². The minimum absolute atomic E-state index is 0.243. The van der Waals surface area contributed by atoms with Crippen molar-refractivity contribution >= 4 is 0 Å². The van der Waals surface area contributed by atoms with Gasteiger partial charge in [0.2, 0.25) is 0 Å². The van der Waals surface area contributed by atoms with Crippen LogP contribution in [0.25, 0.3) is 0 Å². The Morgan fingerprint density at radius 2 is 2.06 bits per heavy atom. The van der Waals surface area contributed by atoms with E-state index in [9.17, 15) is 0 Å². The third kappa shape index (κ3) is 3.72. The van der Waals surface area contributed by atoms with Crippen LogP contribution in [-0.2, 0) is 0 Å². The van der Waals surface area contributed by atoms with E-state index in [1.54, 1.807) is 0 Å². The van der Waals surface area contributed by atoms with Gasteiger partial charge in [-0.05, 0) is 38.3 Å². The quantitative estimate of drug-likeness (QED) is 0.691. The molecule has 0 spiro atoms. The summed E-state index contributed by atoms with van der Waals surface area (Å²) in [7, 11) is 0. The van der Waals surface area contributed by atoms with Gasteiger partial charge in [-0.25, -0.2) is 0 Å². The Morgan fingerprint density at radius 1 is 1.38 bits per heavy atom. The van der Waals surface area contributed by atoms with Crippen molar-refractivity contribution < 1.29 is 0 Å². The van der Waals surface area contributed by atoms with Crippen molar-refractivity contribution in [2.45, 2.75) is 45.6 Å². The molecule has 1 fully saturated rings. The predicted molar refractivity (Wildman–Crippen MR) is 70.6 cm³/mol. The highest BCUT2D eigenvalue weighted by Gasteiger charge is 2.35. The van der Waals surface area contributed by atoms with Crippen LogP contribution >= 0.6 is 0 Å². The fourth-order valence-electron chi connectivity index (χ4n) is 2.83. The SMILES string of the molecule is CCN(CC)CCNC1(CN)CCC(C)C1. The largest absolute Gasteiger partial charge is 0.329 e. The van der Waals surface area contributed by atoms with E-state index < -0.39 is 0 Å². The summed E-state index contributed by atoms with van der Waals surface area (Å²) in [5.74, 6) is 0.838. The topological polar surface area (TPSA) is 41.3 Å². The van der Waals surface area contributed by atoms with E-state index in [1.165, 1.54) is 19.3 Å². The lowest BCUT2D eigenvalue weighted by atomic mass is 9.96. The first-order chi connectivity index (χ1) is 7.65. The molecule has 2 atom stereocenters. The molecule has 16 heavy (non-hydrogen) atoms. The summed E-state index contributed by atoms with van der Waals surface area (Å²) in [6.07, 6.45) is 3.83. The Morgan fingerprint density at radius 3 is 2.50 bits per heavy atom. The Bertz CT molecular complexity index is 192. The van der Waals surface area contributed by atoms with Crippen LogP contribution in [-0.4, -0.2) is 43.2 Å². The van der Waals surface area contributed by atoms with Crippen LogP contribution in [0.15, 0.2) is 0 Å². The van der Waals surface area contributed by atoms with Crippen LogP contribution in [0.1, 0.15) is 40.0 Å². The van der Waals surface area contributed by atoms with Crippen molar-refractivity contribution in [1.82, 2.24) is 10.2 Å². The Labute approximate surface area is 101 Å². The summed E-state index contributed by atoms with van der Waals surface area (Å²) in [5, 5.41) is 3.71. The standard InChI is InChI=1S/C13H29N3/c1-4-16(5-2)9-8-15-13(11-14)7-6-12(3)10-13/h12,15H,4-11,14H2,1-3H3. The van der Waals surface area contributed by atoms with Crippen molar-refractivity contribution in [3.8, 4) is 0 Å². The highest BCUT2D eigenvalue weighted by molar-refractivity contribution is 4.96. The second-order valence-electron chi connectivity index (χ2n) is 5.29. The first-order valence-corrected chi connectivity index (χ1v) is 6.83. The van der Waals surface area contributed by atoms with E-state index in [0.717, 1.165) is 38.6 Å². The maximum absolute atomic E-state index is 5.94. The molecule has 96 valence electrons. The van der Waals surface area contributed by atoms with Gasteiger partial charge < -0.3 is 16.0 Å². The molecule has 1 rings (SSSR count). The third-order valence-electron chi connectivity index (χ3n) is 4.07. The first kappa shape index (κ1) is 13.9. The van der Waals surface area contributed by atoms with Crippen molar-refractivity contribution in [2.24, 2.45) is 11.7 Å². The highest BCUT2D eigenvalue weighted by atomic mass is 15.1. The van der Waals surface area contributed by atoms with Crippen LogP contribution in [0.3, 0.4) is 0 Å². The number of likely N-dealkylation sites (N-methyl/N-ethyl adjacent to an activating group) is 1. The summed E-state index contributed by atoms with van der Waals surface area (Å²) in [6, 6.07) is 0. The second-order valence-corrected chi connectivity index (χ2v) is 5.29. The average molecular weight is 227 g/mol. The Balaban J connectivity index is 2.29. The fraction of sp³-hybridized carbons (Fsp3) is 1.00. The molecule has 2 unspecified atom stereocenters. The lowest BCUT2D eigenvalue weighted by Gasteiger charge is -2.30. The molecule has 0 saturated heterocycles. The van der Waals surface area contributed by atoms with E-state index in [0.29, 0.717) is 0 Å². The van der Waals surface area contributed by atoms with Crippen LogP contribution in [0.4, 0.5) is 0 Å². The maximum Gasteiger partial charge on any atom is 0.0307 e. The van der Waals surface area contributed by atoms with Gasteiger partial charge in [0, 0.05) is 25.2 Å². The van der Waals surface area contributed by atoms with Gasteiger partial charge in [-0.15, -0.1) is 0 Å². The molecule has 0 bridgehead atoms. The van der Waals surface area contributed by atoms with E-state index in [1.807, 2.05) is 0 Å². The zero-order valence-electron chi connectivity index (χ0n) is 11.3. The van der Waals surface area contributed by atoms with Crippen molar-refractivity contribution in [2.75, 3.05) is 32.7 Å². The van der Waals surface area contributed by atoms with E-state index in [4.69, 9.17) is 5.73 Å². The Kier molecular flexibility index (Phi) is 5.73. The van der Waals surface area contributed by atoms with Crippen LogP contribution in [0.2, 0.25) is 0 Å². The first-order valence-electron chi connectivity index (χ1n) is 6.83. The molecular formula is C13H29N3. The lowest BCUT2D eigenvalue weighted by molar-refractivity contribution is 0.266. The average Bonchev–Trinajstić information content (AvgIpc) is 2.67. The number of hydrogen-bond donors (Lipinski definition) is 2. The number of nitrogens with zero attached hydrogens (tertiary/aromatic N) is 1. The zero-order valence-corrected chi connectivity index (χ0v) is 11.3. The van der Waals surface area contributed by atoms with Gasteiger partial charge in [-0.1, -0.05) is 20.8 Å². The van der Waals surface area contributed by atoms with E-state index >= 15 is 0 Å². The molecule has 1 aliphatic rings. The van der Waals surface area contributed by atoms with Crippen molar-refractivity contribution in [3.05, 3.63) is 0 Å². The molecule has 3 nitrogen and oxygen atoms in total. The van der Waals surface area contributed by atoms with Gasteiger partial charge in [-0.3, -0.25) is 0 Å². The molecule has 3 N–H and O–H groups in total.